The van der Waals surface area contributed by atoms with Crippen LogP contribution in [0.5, 0.6) is 11.5 Å². The molecule has 0 aromatic heterocycles. The molecule has 0 spiro atoms. The number of carbonyl (C=O) groups is 1. The fourth-order valence-corrected chi connectivity index (χ4v) is 3.30. The molecule has 6 nitrogen and oxygen atoms in total. The van der Waals surface area contributed by atoms with E-state index in [1.807, 2.05) is 0 Å². The Morgan fingerprint density at radius 3 is 2.50 bits per heavy atom. The molecule has 0 saturated heterocycles. The summed E-state index contributed by atoms with van der Waals surface area (Å²) in [5.74, 6) is 0.487. The number of ether oxygens (including phenoxy) is 2. The lowest BCUT2D eigenvalue weighted by Gasteiger charge is -2.31. The van der Waals surface area contributed by atoms with E-state index in [0.29, 0.717) is 39.1 Å². The van der Waals surface area contributed by atoms with E-state index in [1.165, 1.54) is 24.3 Å². The fourth-order valence-electron chi connectivity index (χ4n) is 3.02. The average Bonchev–Trinajstić information content (AvgIpc) is 2.68. The Bertz CT molecular complexity index is 944. The highest BCUT2D eigenvalue weighted by Gasteiger charge is 2.32. The van der Waals surface area contributed by atoms with Crippen LogP contribution in [-0.2, 0) is 4.79 Å². The molecule has 1 amide bonds. The van der Waals surface area contributed by atoms with Crippen molar-refractivity contribution in [1.82, 2.24) is 10.6 Å². The van der Waals surface area contributed by atoms with Crippen LogP contribution in [0.2, 0.25) is 0 Å². The molecular weight excluding hydrogens is 381 g/mol. The molecule has 0 aliphatic carbocycles. The Hall–Kier alpha value is -3.13. The van der Waals surface area contributed by atoms with E-state index in [4.69, 9.17) is 21.7 Å². The largest absolute Gasteiger partial charge is 0.497 e. The minimum absolute atomic E-state index is 0.346. The second-order valence-electron chi connectivity index (χ2n) is 6.14. The van der Waals surface area contributed by atoms with Crippen molar-refractivity contribution >= 4 is 28.9 Å². The second kappa shape index (κ2) is 8.26. The number of rotatable bonds is 5. The second-order valence-corrected chi connectivity index (χ2v) is 6.55. The lowest BCUT2D eigenvalue weighted by molar-refractivity contribution is -0.113. The highest BCUT2D eigenvalue weighted by molar-refractivity contribution is 7.80. The van der Waals surface area contributed by atoms with Gasteiger partial charge in [-0.05, 0) is 61.6 Å². The maximum absolute atomic E-state index is 13.1. The van der Waals surface area contributed by atoms with E-state index in [2.05, 4.69) is 16.0 Å². The van der Waals surface area contributed by atoms with Crippen molar-refractivity contribution in [3.8, 4) is 11.5 Å². The van der Waals surface area contributed by atoms with Crippen LogP contribution in [0.25, 0.3) is 0 Å². The van der Waals surface area contributed by atoms with E-state index in [9.17, 15) is 9.18 Å². The van der Waals surface area contributed by atoms with Crippen molar-refractivity contribution in [3.63, 3.8) is 0 Å². The van der Waals surface area contributed by atoms with Crippen LogP contribution in [0.3, 0.4) is 0 Å². The van der Waals surface area contributed by atoms with E-state index in [-0.39, 0.29) is 11.7 Å². The van der Waals surface area contributed by atoms with Gasteiger partial charge in [-0.2, -0.15) is 0 Å². The van der Waals surface area contributed by atoms with Gasteiger partial charge in [-0.15, -0.1) is 0 Å². The number of benzene rings is 2. The quantitative estimate of drug-likeness (QED) is 0.668. The van der Waals surface area contributed by atoms with Gasteiger partial charge in [-0.1, -0.05) is 0 Å². The van der Waals surface area contributed by atoms with Crippen LogP contribution >= 0.6 is 12.2 Å². The van der Waals surface area contributed by atoms with Gasteiger partial charge < -0.3 is 25.4 Å². The number of amides is 1. The summed E-state index contributed by atoms with van der Waals surface area (Å²) in [6, 6.07) is 10.3. The van der Waals surface area contributed by atoms with Crippen molar-refractivity contribution in [2.75, 3.05) is 19.5 Å². The minimum atomic E-state index is -0.556. The number of anilines is 1. The molecule has 1 atom stereocenters. The molecule has 0 radical (unpaired) electrons. The van der Waals surface area contributed by atoms with E-state index in [0.717, 1.165) is 0 Å². The zero-order valence-corrected chi connectivity index (χ0v) is 16.4. The summed E-state index contributed by atoms with van der Waals surface area (Å²) in [4.78, 5) is 13.0. The molecule has 0 fully saturated rings. The van der Waals surface area contributed by atoms with Crippen LogP contribution in [0.4, 0.5) is 10.1 Å². The molecule has 1 heterocycles. The van der Waals surface area contributed by atoms with Crippen molar-refractivity contribution in [2.24, 2.45) is 0 Å². The zero-order chi connectivity index (χ0) is 20.3. The third-order valence-electron chi connectivity index (χ3n) is 4.36. The van der Waals surface area contributed by atoms with Gasteiger partial charge >= 0.3 is 0 Å². The Morgan fingerprint density at radius 1 is 1.14 bits per heavy atom. The molecule has 28 heavy (non-hydrogen) atoms. The number of methoxy groups -OCH3 is 2. The first kappa shape index (κ1) is 19.6. The summed E-state index contributed by atoms with van der Waals surface area (Å²) in [5, 5.41) is 9.28. The molecule has 8 heteroatoms. The first-order chi connectivity index (χ1) is 13.4. The summed E-state index contributed by atoms with van der Waals surface area (Å²) < 4.78 is 23.9. The summed E-state index contributed by atoms with van der Waals surface area (Å²) in [5.41, 5.74) is 2.23. The van der Waals surface area contributed by atoms with Crippen LogP contribution in [0.1, 0.15) is 18.5 Å². The number of hydrogen-bond acceptors (Lipinski definition) is 4. The molecule has 2 aromatic rings. The molecule has 1 aliphatic heterocycles. The van der Waals surface area contributed by atoms with Crippen molar-refractivity contribution in [3.05, 3.63) is 65.1 Å². The number of nitrogens with one attached hydrogen (secondary N) is 3. The summed E-state index contributed by atoms with van der Waals surface area (Å²) in [6.45, 7) is 1.77. The molecule has 3 rings (SSSR count). The van der Waals surface area contributed by atoms with Crippen molar-refractivity contribution < 1.29 is 18.7 Å². The van der Waals surface area contributed by atoms with Crippen LogP contribution < -0.4 is 25.4 Å². The van der Waals surface area contributed by atoms with Crippen molar-refractivity contribution in [1.29, 1.82) is 0 Å². The van der Waals surface area contributed by atoms with Gasteiger partial charge in [0, 0.05) is 16.9 Å². The Labute approximate surface area is 167 Å². The lowest BCUT2D eigenvalue weighted by atomic mass is 9.94. The van der Waals surface area contributed by atoms with Crippen LogP contribution in [-0.4, -0.2) is 25.2 Å². The fraction of sp³-hybridized carbons (Fsp3) is 0.200. The predicted octanol–water partition coefficient (Wildman–Crippen LogP) is 3.27. The summed E-state index contributed by atoms with van der Waals surface area (Å²) in [6.07, 6.45) is 0. The maximum atomic E-state index is 13.1. The number of halogens is 1. The van der Waals surface area contributed by atoms with E-state index in [1.54, 1.807) is 39.3 Å². The number of thiocarbonyl (C=S) groups is 1. The van der Waals surface area contributed by atoms with Crippen LogP contribution in [0.15, 0.2) is 53.7 Å². The molecular formula is C20H20FN3O3S. The molecule has 3 N–H and O–H groups in total. The van der Waals surface area contributed by atoms with E-state index < -0.39 is 6.04 Å². The van der Waals surface area contributed by atoms with Crippen LogP contribution in [0, 0.1) is 5.82 Å². The Balaban J connectivity index is 2.01. The van der Waals surface area contributed by atoms with Gasteiger partial charge in [-0.3, -0.25) is 4.79 Å². The minimum Gasteiger partial charge on any atom is -0.497 e. The van der Waals surface area contributed by atoms with Crippen molar-refractivity contribution in [2.45, 2.75) is 13.0 Å². The predicted molar refractivity (Wildman–Crippen MR) is 109 cm³/mol. The molecule has 1 unspecified atom stereocenters. The molecule has 146 valence electrons. The first-order valence-electron chi connectivity index (χ1n) is 8.50. The monoisotopic (exact) mass is 401 g/mol. The van der Waals surface area contributed by atoms with Gasteiger partial charge in [0.05, 0.1) is 25.8 Å². The maximum Gasteiger partial charge on any atom is 0.255 e. The Morgan fingerprint density at radius 2 is 1.86 bits per heavy atom. The topological polar surface area (TPSA) is 71.6 Å². The van der Waals surface area contributed by atoms with Gasteiger partial charge in [0.2, 0.25) is 0 Å². The van der Waals surface area contributed by atoms with E-state index >= 15 is 0 Å². The number of allylic oxidation sites excluding steroid dienone is 1. The van der Waals surface area contributed by atoms with Gasteiger partial charge in [0.25, 0.3) is 5.91 Å². The SMILES string of the molecule is COc1ccc(OC)c(C2NC(=S)NC(C)=C2C(=O)Nc2ccc(F)cc2)c1. The van der Waals surface area contributed by atoms with Gasteiger partial charge in [-0.25, -0.2) is 4.39 Å². The smallest absolute Gasteiger partial charge is 0.255 e. The summed E-state index contributed by atoms with van der Waals surface area (Å²) >= 11 is 5.28. The highest BCUT2D eigenvalue weighted by Crippen LogP contribution is 2.35. The highest BCUT2D eigenvalue weighted by atomic mass is 32.1. The average molecular weight is 401 g/mol. The molecule has 0 bridgehead atoms. The number of hydrogen-bond donors (Lipinski definition) is 3. The number of carbonyl (C=O) groups excluding carboxylic acids is 1. The lowest BCUT2D eigenvalue weighted by Crippen LogP contribution is -2.45. The first-order valence-corrected chi connectivity index (χ1v) is 8.91. The molecule has 2 aromatic carbocycles. The normalized spacial score (nSPS) is 16.1. The van der Waals surface area contributed by atoms with Gasteiger partial charge in [0.1, 0.15) is 17.3 Å². The standard InChI is InChI=1S/C20H20FN3O3S/c1-11-17(19(25)23-13-6-4-12(21)5-7-13)18(24-20(28)22-11)15-10-14(26-2)8-9-16(15)27-3/h4-10,18H,1-3H3,(H,23,25)(H2,22,24,28). The third kappa shape index (κ3) is 4.07. The third-order valence-corrected chi connectivity index (χ3v) is 4.58. The van der Waals surface area contributed by atoms with Gasteiger partial charge in [0.15, 0.2) is 5.11 Å². The summed E-state index contributed by atoms with van der Waals surface area (Å²) in [7, 11) is 3.12. The Kier molecular flexibility index (Phi) is 5.79. The zero-order valence-electron chi connectivity index (χ0n) is 15.6. The molecule has 0 saturated carbocycles. The molecule has 1 aliphatic rings.